The van der Waals surface area contributed by atoms with E-state index in [-0.39, 0.29) is 12.3 Å². The molecule has 1 N–H and O–H groups in total. The largest absolute Gasteiger partial charge is 0.493 e. The van der Waals surface area contributed by atoms with E-state index in [0.29, 0.717) is 17.1 Å². The molecule has 0 saturated carbocycles. The molecule has 0 aliphatic heterocycles. The predicted octanol–water partition coefficient (Wildman–Crippen LogP) is 2.22. The van der Waals surface area contributed by atoms with Crippen molar-refractivity contribution in [2.75, 3.05) is 21.3 Å². The second kappa shape index (κ2) is 8.73. The number of carbonyl (C=O) groups is 2. The van der Waals surface area contributed by atoms with Gasteiger partial charge in [0.15, 0.2) is 11.5 Å². The smallest absolute Gasteiger partial charge is 0.328 e. The first kappa shape index (κ1) is 18.3. The van der Waals surface area contributed by atoms with Crippen LogP contribution in [0.1, 0.15) is 15.9 Å². The van der Waals surface area contributed by atoms with Crippen molar-refractivity contribution in [3.8, 4) is 11.5 Å². The van der Waals surface area contributed by atoms with Gasteiger partial charge in [0.1, 0.15) is 6.04 Å². The van der Waals surface area contributed by atoms with E-state index in [4.69, 9.17) is 14.2 Å². The van der Waals surface area contributed by atoms with E-state index in [9.17, 15) is 9.59 Å². The predicted molar refractivity (Wildman–Crippen MR) is 93.0 cm³/mol. The van der Waals surface area contributed by atoms with Crippen LogP contribution in [0.3, 0.4) is 0 Å². The van der Waals surface area contributed by atoms with Crippen LogP contribution in [0, 0.1) is 0 Å². The molecule has 1 amide bonds. The lowest BCUT2D eigenvalue weighted by Crippen LogP contribution is -2.43. The number of amides is 1. The zero-order valence-electron chi connectivity index (χ0n) is 14.4. The molecule has 2 aromatic carbocycles. The van der Waals surface area contributed by atoms with Gasteiger partial charge in [-0.1, -0.05) is 24.3 Å². The van der Waals surface area contributed by atoms with Gasteiger partial charge in [-0.15, -0.1) is 0 Å². The minimum Gasteiger partial charge on any atom is -0.493 e. The first-order chi connectivity index (χ1) is 12.1. The van der Waals surface area contributed by atoms with Crippen molar-refractivity contribution >= 4 is 11.9 Å². The van der Waals surface area contributed by atoms with Crippen LogP contribution in [0.25, 0.3) is 0 Å². The van der Waals surface area contributed by atoms with Gasteiger partial charge in [-0.25, -0.2) is 4.79 Å². The molecule has 1 unspecified atom stereocenters. The molecule has 0 spiro atoms. The molecule has 0 aliphatic rings. The fourth-order valence-corrected chi connectivity index (χ4v) is 2.41. The maximum Gasteiger partial charge on any atom is 0.328 e. The average Bonchev–Trinajstić information content (AvgIpc) is 2.67. The third-order valence-corrected chi connectivity index (χ3v) is 3.71. The molecule has 0 heterocycles. The zero-order valence-corrected chi connectivity index (χ0v) is 14.4. The topological polar surface area (TPSA) is 73.9 Å². The van der Waals surface area contributed by atoms with Crippen molar-refractivity contribution in [2.45, 2.75) is 12.5 Å². The Balaban J connectivity index is 2.18. The van der Waals surface area contributed by atoms with Gasteiger partial charge in [0, 0.05) is 12.0 Å². The number of esters is 1. The fraction of sp³-hybridized carbons (Fsp3) is 0.263. The van der Waals surface area contributed by atoms with E-state index in [2.05, 4.69) is 5.32 Å². The Morgan fingerprint density at radius 1 is 0.960 bits per heavy atom. The van der Waals surface area contributed by atoms with Crippen LogP contribution in [0.5, 0.6) is 11.5 Å². The quantitative estimate of drug-likeness (QED) is 0.781. The second-order valence-corrected chi connectivity index (χ2v) is 5.31. The molecule has 0 radical (unpaired) electrons. The lowest BCUT2D eigenvalue weighted by Gasteiger charge is -2.17. The Hall–Kier alpha value is -3.02. The number of benzene rings is 2. The highest BCUT2D eigenvalue weighted by molar-refractivity contribution is 5.96. The van der Waals surface area contributed by atoms with E-state index in [0.717, 1.165) is 5.56 Å². The average molecular weight is 343 g/mol. The minimum atomic E-state index is -0.809. The van der Waals surface area contributed by atoms with Crippen molar-refractivity contribution < 1.29 is 23.8 Å². The van der Waals surface area contributed by atoms with Gasteiger partial charge in [-0.3, -0.25) is 4.79 Å². The maximum absolute atomic E-state index is 12.3. The number of nitrogens with one attached hydrogen (secondary N) is 1. The first-order valence-electron chi connectivity index (χ1n) is 7.73. The molecule has 25 heavy (non-hydrogen) atoms. The number of rotatable bonds is 7. The SMILES string of the molecule is COC(=O)C(Cc1ccc(OC)c(OC)c1)NC(=O)c1ccccc1. The summed E-state index contributed by atoms with van der Waals surface area (Å²) in [7, 11) is 4.38. The van der Waals surface area contributed by atoms with E-state index in [1.165, 1.54) is 14.2 Å². The summed E-state index contributed by atoms with van der Waals surface area (Å²) in [5, 5.41) is 2.71. The molecule has 6 nitrogen and oxygen atoms in total. The summed E-state index contributed by atoms with van der Waals surface area (Å²) in [6, 6.07) is 13.2. The van der Waals surface area contributed by atoms with E-state index in [1.807, 2.05) is 12.1 Å². The van der Waals surface area contributed by atoms with Gasteiger partial charge >= 0.3 is 5.97 Å². The number of carbonyl (C=O) groups excluding carboxylic acids is 2. The Kier molecular flexibility index (Phi) is 6.39. The Morgan fingerprint density at radius 2 is 1.64 bits per heavy atom. The second-order valence-electron chi connectivity index (χ2n) is 5.31. The van der Waals surface area contributed by atoms with Gasteiger partial charge in [0.05, 0.1) is 21.3 Å². The highest BCUT2D eigenvalue weighted by Gasteiger charge is 2.23. The molecule has 2 rings (SSSR count). The first-order valence-corrected chi connectivity index (χ1v) is 7.73. The molecule has 0 fully saturated rings. The molecule has 132 valence electrons. The van der Waals surface area contributed by atoms with Gasteiger partial charge in [-0.2, -0.15) is 0 Å². The van der Waals surface area contributed by atoms with Crippen molar-refractivity contribution in [1.82, 2.24) is 5.32 Å². The molecule has 2 aromatic rings. The van der Waals surface area contributed by atoms with E-state index >= 15 is 0 Å². The molecule has 0 bridgehead atoms. The molecule has 6 heteroatoms. The van der Waals surface area contributed by atoms with Crippen molar-refractivity contribution in [3.63, 3.8) is 0 Å². The monoisotopic (exact) mass is 343 g/mol. The summed E-state index contributed by atoms with van der Waals surface area (Å²) in [6.07, 6.45) is 0.269. The molecular weight excluding hydrogens is 322 g/mol. The molecular formula is C19H21NO5. The van der Waals surface area contributed by atoms with Crippen LogP contribution in [-0.4, -0.2) is 39.2 Å². The molecule has 0 aliphatic carbocycles. The number of ether oxygens (including phenoxy) is 3. The maximum atomic E-state index is 12.3. The van der Waals surface area contributed by atoms with Crippen LogP contribution in [-0.2, 0) is 16.0 Å². The summed E-state index contributed by atoms with van der Waals surface area (Å²) >= 11 is 0. The minimum absolute atomic E-state index is 0.269. The lowest BCUT2D eigenvalue weighted by atomic mass is 10.0. The fourth-order valence-electron chi connectivity index (χ4n) is 2.41. The van der Waals surface area contributed by atoms with Gasteiger partial charge < -0.3 is 19.5 Å². The van der Waals surface area contributed by atoms with Gasteiger partial charge in [-0.05, 0) is 29.8 Å². The highest BCUT2D eigenvalue weighted by Crippen LogP contribution is 2.28. The Bertz CT molecular complexity index is 730. The van der Waals surface area contributed by atoms with Crippen LogP contribution in [0.2, 0.25) is 0 Å². The van der Waals surface area contributed by atoms with Crippen LogP contribution in [0.15, 0.2) is 48.5 Å². The number of hydrogen-bond acceptors (Lipinski definition) is 5. The van der Waals surface area contributed by atoms with Gasteiger partial charge in [0.2, 0.25) is 0 Å². The molecule has 1 atom stereocenters. The van der Waals surface area contributed by atoms with Gasteiger partial charge in [0.25, 0.3) is 5.91 Å². The molecule has 0 saturated heterocycles. The van der Waals surface area contributed by atoms with Crippen molar-refractivity contribution in [3.05, 3.63) is 59.7 Å². The van der Waals surface area contributed by atoms with Crippen LogP contribution >= 0.6 is 0 Å². The highest BCUT2D eigenvalue weighted by atomic mass is 16.5. The number of hydrogen-bond donors (Lipinski definition) is 1. The Labute approximate surface area is 146 Å². The summed E-state index contributed by atoms with van der Waals surface area (Å²) in [5.41, 5.74) is 1.28. The molecule has 0 aromatic heterocycles. The zero-order chi connectivity index (χ0) is 18.2. The third-order valence-electron chi connectivity index (χ3n) is 3.71. The Morgan fingerprint density at radius 3 is 2.24 bits per heavy atom. The standard InChI is InChI=1S/C19H21NO5/c1-23-16-10-9-13(12-17(16)24-2)11-15(19(22)25-3)20-18(21)14-7-5-4-6-8-14/h4-10,12,15H,11H2,1-3H3,(H,20,21). The third kappa shape index (κ3) is 4.73. The van der Waals surface area contributed by atoms with Crippen molar-refractivity contribution in [1.29, 1.82) is 0 Å². The number of methoxy groups -OCH3 is 3. The summed E-state index contributed by atoms with van der Waals surface area (Å²) in [4.78, 5) is 24.4. The van der Waals surface area contributed by atoms with E-state index < -0.39 is 12.0 Å². The summed E-state index contributed by atoms with van der Waals surface area (Å²) in [5.74, 6) is 0.294. The summed E-state index contributed by atoms with van der Waals surface area (Å²) < 4.78 is 15.3. The van der Waals surface area contributed by atoms with Crippen molar-refractivity contribution in [2.24, 2.45) is 0 Å². The van der Waals surface area contributed by atoms with Crippen LogP contribution < -0.4 is 14.8 Å². The lowest BCUT2D eigenvalue weighted by molar-refractivity contribution is -0.142. The van der Waals surface area contributed by atoms with Crippen LogP contribution in [0.4, 0.5) is 0 Å². The summed E-state index contributed by atoms with van der Waals surface area (Å²) in [6.45, 7) is 0. The van der Waals surface area contributed by atoms with E-state index in [1.54, 1.807) is 43.5 Å². The normalized spacial score (nSPS) is 11.3.